The van der Waals surface area contributed by atoms with E-state index in [1.54, 1.807) is 0 Å². The van der Waals surface area contributed by atoms with E-state index in [0.29, 0.717) is 16.5 Å². The third kappa shape index (κ3) is 2.59. The van der Waals surface area contributed by atoms with E-state index in [4.69, 9.17) is 4.74 Å². The van der Waals surface area contributed by atoms with Gasteiger partial charge in [0.25, 0.3) is 5.91 Å². The van der Waals surface area contributed by atoms with Gasteiger partial charge in [0.2, 0.25) is 11.8 Å². The molecule has 3 aliphatic heterocycles. The lowest BCUT2D eigenvalue weighted by Crippen LogP contribution is -2.36. The van der Waals surface area contributed by atoms with Crippen LogP contribution in [0.3, 0.4) is 0 Å². The van der Waals surface area contributed by atoms with Gasteiger partial charge in [-0.2, -0.15) is 0 Å². The third-order valence-corrected chi connectivity index (χ3v) is 8.79. The Morgan fingerprint density at radius 1 is 1.10 bits per heavy atom. The Morgan fingerprint density at radius 3 is 2.41 bits per heavy atom. The molecule has 6 rings (SSSR count). The predicted molar refractivity (Wildman–Crippen MR) is 108 cm³/mol. The number of fused-ring (bicyclic) bond motifs is 6. The summed E-state index contributed by atoms with van der Waals surface area (Å²) >= 11 is 1.51. The van der Waals surface area contributed by atoms with Crippen molar-refractivity contribution >= 4 is 34.1 Å². The highest BCUT2D eigenvalue weighted by atomic mass is 32.1. The standard InChI is InChI=1S/C22H26N2O4S/c1-2-10-3-6-12-15(9-10)29-22(16(12)19(25)23-11-4-5-11)24-20(26)17-13-7-8-14(28-13)18(17)21(24)27/h10-11,13-14,17-18H,2-9H2,1H3,(H,23,25)/t10-,13+,14+,17-,18+/m1/s1. The highest BCUT2D eigenvalue weighted by Crippen LogP contribution is 2.52. The van der Waals surface area contributed by atoms with Crippen molar-refractivity contribution < 1.29 is 19.1 Å². The average molecular weight is 415 g/mol. The van der Waals surface area contributed by atoms with Crippen molar-refractivity contribution in [2.75, 3.05) is 4.90 Å². The summed E-state index contributed by atoms with van der Waals surface area (Å²) in [6.45, 7) is 2.20. The van der Waals surface area contributed by atoms with Gasteiger partial charge in [-0.05, 0) is 56.4 Å². The largest absolute Gasteiger partial charge is 0.373 e. The molecule has 0 radical (unpaired) electrons. The first-order chi connectivity index (χ1) is 14.1. The summed E-state index contributed by atoms with van der Waals surface area (Å²) in [5, 5.41) is 3.68. The van der Waals surface area contributed by atoms with Gasteiger partial charge in [-0.25, -0.2) is 4.90 Å². The molecule has 0 aromatic carbocycles. The van der Waals surface area contributed by atoms with Gasteiger partial charge in [0.1, 0.15) is 5.00 Å². The number of carbonyl (C=O) groups is 3. The van der Waals surface area contributed by atoms with Gasteiger partial charge in [0, 0.05) is 10.9 Å². The monoisotopic (exact) mass is 414 g/mol. The SMILES string of the molecule is CC[C@@H]1CCc2c(sc(N3C(=O)[C@@H]4[C@H](C3=O)[C@@H]3CC[C@@H]4O3)c2C(=O)NC2CC2)C1. The maximum absolute atomic E-state index is 13.3. The van der Waals surface area contributed by atoms with Crippen LogP contribution < -0.4 is 10.2 Å². The Bertz CT molecular complexity index is 892. The lowest BCUT2D eigenvalue weighted by atomic mass is 9.81. The molecule has 154 valence electrons. The van der Waals surface area contributed by atoms with Crippen LogP contribution in [0.4, 0.5) is 5.00 Å². The normalized spacial score (nSPS) is 35.2. The molecule has 1 saturated carbocycles. The van der Waals surface area contributed by atoms with E-state index in [0.717, 1.165) is 56.9 Å². The second kappa shape index (κ2) is 6.38. The molecule has 3 saturated heterocycles. The molecule has 2 aliphatic carbocycles. The van der Waals surface area contributed by atoms with Crippen LogP contribution in [-0.4, -0.2) is 36.0 Å². The number of amides is 3. The highest BCUT2D eigenvalue weighted by molar-refractivity contribution is 7.17. The van der Waals surface area contributed by atoms with E-state index in [1.807, 2.05) is 0 Å². The molecular formula is C22H26N2O4S. The number of imide groups is 1. The van der Waals surface area contributed by atoms with Crippen LogP contribution in [0.15, 0.2) is 0 Å². The molecule has 7 heteroatoms. The minimum atomic E-state index is -0.358. The summed E-state index contributed by atoms with van der Waals surface area (Å²) in [4.78, 5) is 42.4. The van der Waals surface area contributed by atoms with Gasteiger partial charge in [-0.15, -0.1) is 11.3 Å². The number of anilines is 1. The minimum Gasteiger partial charge on any atom is -0.373 e. The molecule has 3 amide bonds. The maximum atomic E-state index is 13.3. The Labute approximate surface area is 174 Å². The van der Waals surface area contributed by atoms with E-state index < -0.39 is 0 Å². The van der Waals surface area contributed by atoms with E-state index in [2.05, 4.69) is 12.2 Å². The predicted octanol–water partition coefficient (Wildman–Crippen LogP) is 2.82. The van der Waals surface area contributed by atoms with Crippen LogP contribution in [-0.2, 0) is 27.2 Å². The van der Waals surface area contributed by atoms with E-state index in [9.17, 15) is 14.4 Å². The van der Waals surface area contributed by atoms with Crippen LogP contribution >= 0.6 is 11.3 Å². The van der Waals surface area contributed by atoms with E-state index in [1.165, 1.54) is 21.1 Å². The lowest BCUT2D eigenvalue weighted by Gasteiger charge is -2.21. The first-order valence-electron chi connectivity index (χ1n) is 11.1. The molecule has 5 atom stereocenters. The molecule has 4 fully saturated rings. The zero-order valence-electron chi connectivity index (χ0n) is 16.6. The second-order valence-electron chi connectivity index (χ2n) is 9.30. The lowest BCUT2D eigenvalue weighted by molar-refractivity contribution is -0.124. The van der Waals surface area contributed by atoms with Crippen molar-refractivity contribution in [1.82, 2.24) is 5.32 Å². The van der Waals surface area contributed by atoms with Gasteiger partial charge in [0.15, 0.2) is 0 Å². The van der Waals surface area contributed by atoms with Crippen molar-refractivity contribution in [2.45, 2.75) is 76.5 Å². The Balaban J connectivity index is 1.42. The maximum Gasteiger partial charge on any atom is 0.254 e. The smallest absolute Gasteiger partial charge is 0.254 e. The molecule has 5 aliphatic rings. The van der Waals surface area contributed by atoms with Gasteiger partial charge >= 0.3 is 0 Å². The fraction of sp³-hybridized carbons (Fsp3) is 0.682. The molecular weight excluding hydrogens is 388 g/mol. The topological polar surface area (TPSA) is 75.7 Å². The fourth-order valence-corrected chi connectivity index (χ4v) is 7.25. The minimum absolute atomic E-state index is 0.105. The van der Waals surface area contributed by atoms with Crippen LogP contribution in [0.1, 0.15) is 66.2 Å². The van der Waals surface area contributed by atoms with Crippen molar-refractivity contribution in [2.24, 2.45) is 17.8 Å². The summed E-state index contributed by atoms with van der Waals surface area (Å²) in [5.74, 6) is -0.517. The van der Waals surface area contributed by atoms with E-state index >= 15 is 0 Å². The van der Waals surface area contributed by atoms with Gasteiger partial charge in [-0.3, -0.25) is 14.4 Å². The number of nitrogens with one attached hydrogen (secondary N) is 1. The summed E-state index contributed by atoms with van der Waals surface area (Å²) in [6, 6.07) is 0.242. The molecule has 1 aromatic heterocycles. The average Bonchev–Trinajstić information content (AvgIpc) is 3.07. The molecule has 1 aromatic rings. The summed E-state index contributed by atoms with van der Waals surface area (Å²) < 4.78 is 5.87. The Morgan fingerprint density at radius 2 is 1.79 bits per heavy atom. The van der Waals surface area contributed by atoms with E-state index in [-0.39, 0.29) is 47.8 Å². The van der Waals surface area contributed by atoms with Crippen molar-refractivity contribution in [1.29, 1.82) is 0 Å². The number of thiophene rings is 1. The first kappa shape index (κ1) is 18.1. The molecule has 2 bridgehead atoms. The van der Waals surface area contributed by atoms with Crippen molar-refractivity contribution in [3.05, 3.63) is 16.0 Å². The molecule has 1 N–H and O–H groups in total. The summed E-state index contributed by atoms with van der Waals surface area (Å²) in [7, 11) is 0. The van der Waals surface area contributed by atoms with Crippen LogP contribution in [0.5, 0.6) is 0 Å². The van der Waals surface area contributed by atoms with Crippen LogP contribution in [0.2, 0.25) is 0 Å². The molecule has 29 heavy (non-hydrogen) atoms. The van der Waals surface area contributed by atoms with Gasteiger partial charge < -0.3 is 10.1 Å². The highest BCUT2D eigenvalue weighted by Gasteiger charge is 2.63. The third-order valence-electron chi connectivity index (χ3n) is 7.55. The molecule has 4 heterocycles. The second-order valence-corrected chi connectivity index (χ2v) is 10.4. The fourth-order valence-electron chi connectivity index (χ4n) is 5.78. The first-order valence-corrected chi connectivity index (χ1v) is 11.9. The number of rotatable bonds is 4. The number of carbonyl (C=O) groups excluding carboxylic acids is 3. The van der Waals surface area contributed by atoms with Crippen LogP contribution in [0.25, 0.3) is 0 Å². The van der Waals surface area contributed by atoms with Crippen molar-refractivity contribution in [3.8, 4) is 0 Å². The summed E-state index contributed by atoms with van der Waals surface area (Å²) in [5.41, 5.74) is 1.67. The molecule has 0 unspecified atom stereocenters. The zero-order valence-corrected chi connectivity index (χ0v) is 17.4. The Hall–Kier alpha value is -1.73. The number of hydrogen-bond acceptors (Lipinski definition) is 5. The van der Waals surface area contributed by atoms with Gasteiger partial charge in [0.05, 0.1) is 29.6 Å². The Kier molecular flexibility index (Phi) is 3.98. The number of nitrogens with zero attached hydrogens (tertiary/aromatic N) is 1. The van der Waals surface area contributed by atoms with Gasteiger partial charge in [-0.1, -0.05) is 13.3 Å². The summed E-state index contributed by atoms with van der Waals surface area (Å²) in [6.07, 6.45) is 7.45. The number of hydrogen-bond donors (Lipinski definition) is 1. The zero-order chi connectivity index (χ0) is 19.9. The molecule has 0 spiro atoms. The number of ether oxygens (including phenoxy) is 1. The van der Waals surface area contributed by atoms with Crippen molar-refractivity contribution in [3.63, 3.8) is 0 Å². The molecule has 6 nitrogen and oxygen atoms in total. The quantitative estimate of drug-likeness (QED) is 0.769. The van der Waals surface area contributed by atoms with Crippen LogP contribution in [0, 0.1) is 17.8 Å².